The molecule has 4 heteroatoms. The SMILES string of the molecule is CC(C)(C)O.CC(C)(C)c1ccc(S(=O)(=O)c2ccccc2)cc1. The Bertz CT molecular complexity index is 726. The lowest BCUT2D eigenvalue weighted by atomic mass is 9.87. The van der Waals surface area contributed by atoms with E-state index in [2.05, 4.69) is 20.8 Å². The van der Waals surface area contributed by atoms with Crippen LogP contribution < -0.4 is 0 Å². The number of rotatable bonds is 2. The first-order chi connectivity index (χ1) is 10.8. The Morgan fingerprint density at radius 2 is 1.08 bits per heavy atom. The third-order valence-electron chi connectivity index (χ3n) is 3.08. The molecule has 0 fully saturated rings. The van der Waals surface area contributed by atoms with Gasteiger partial charge in [-0.05, 0) is 56.0 Å². The van der Waals surface area contributed by atoms with E-state index in [0.29, 0.717) is 9.79 Å². The number of hydrogen-bond acceptors (Lipinski definition) is 3. The van der Waals surface area contributed by atoms with E-state index in [4.69, 9.17) is 5.11 Å². The Balaban J connectivity index is 0.000000505. The predicted molar refractivity (Wildman–Crippen MR) is 99.0 cm³/mol. The van der Waals surface area contributed by atoms with Crippen LogP contribution in [0.4, 0.5) is 0 Å². The van der Waals surface area contributed by atoms with Gasteiger partial charge in [0.2, 0.25) is 9.84 Å². The van der Waals surface area contributed by atoms with E-state index in [1.165, 1.54) is 0 Å². The number of benzene rings is 2. The molecule has 0 saturated carbocycles. The van der Waals surface area contributed by atoms with E-state index in [0.717, 1.165) is 5.56 Å². The molecule has 0 radical (unpaired) electrons. The standard InChI is InChI=1S/C16H18O2S.C4H10O/c1-16(2,3)13-9-11-15(12-10-13)19(17,18)14-7-5-4-6-8-14;1-4(2,3)5/h4-12H,1-3H3;5H,1-3H3. The van der Waals surface area contributed by atoms with Crippen molar-refractivity contribution in [3.05, 3.63) is 60.2 Å². The Morgan fingerprint density at radius 1 is 0.708 bits per heavy atom. The Morgan fingerprint density at radius 3 is 1.46 bits per heavy atom. The first kappa shape index (κ1) is 20.4. The fraction of sp³-hybridized carbons (Fsp3) is 0.400. The molecule has 0 amide bonds. The second-order valence-corrected chi connectivity index (χ2v) is 9.71. The highest BCUT2D eigenvalue weighted by Crippen LogP contribution is 2.26. The van der Waals surface area contributed by atoms with Crippen LogP contribution in [-0.2, 0) is 15.3 Å². The van der Waals surface area contributed by atoms with Crippen LogP contribution in [0.1, 0.15) is 47.1 Å². The van der Waals surface area contributed by atoms with Crippen LogP contribution in [0.3, 0.4) is 0 Å². The molecule has 0 heterocycles. The maximum absolute atomic E-state index is 12.4. The van der Waals surface area contributed by atoms with Gasteiger partial charge in [0.25, 0.3) is 0 Å². The maximum atomic E-state index is 12.4. The quantitative estimate of drug-likeness (QED) is 0.863. The van der Waals surface area contributed by atoms with Gasteiger partial charge in [-0.3, -0.25) is 0 Å². The lowest BCUT2D eigenvalue weighted by molar-refractivity contribution is 0.102. The molecule has 0 aromatic heterocycles. The molecule has 0 aliphatic carbocycles. The van der Waals surface area contributed by atoms with Gasteiger partial charge in [-0.25, -0.2) is 8.42 Å². The molecule has 0 spiro atoms. The average Bonchev–Trinajstić information content (AvgIpc) is 2.46. The van der Waals surface area contributed by atoms with Crippen molar-refractivity contribution in [2.75, 3.05) is 0 Å². The molecule has 3 nitrogen and oxygen atoms in total. The zero-order chi connectivity index (χ0) is 18.6. The smallest absolute Gasteiger partial charge is 0.206 e. The van der Waals surface area contributed by atoms with Gasteiger partial charge >= 0.3 is 0 Å². The van der Waals surface area contributed by atoms with Crippen LogP contribution >= 0.6 is 0 Å². The van der Waals surface area contributed by atoms with E-state index >= 15 is 0 Å². The van der Waals surface area contributed by atoms with Gasteiger partial charge in [-0.1, -0.05) is 51.1 Å². The highest BCUT2D eigenvalue weighted by molar-refractivity contribution is 7.91. The molecule has 0 aliphatic rings. The Hall–Kier alpha value is -1.65. The third-order valence-corrected chi connectivity index (χ3v) is 4.87. The molecule has 1 N–H and O–H groups in total. The van der Waals surface area contributed by atoms with Crippen molar-refractivity contribution in [3.8, 4) is 0 Å². The zero-order valence-corrected chi connectivity index (χ0v) is 16.2. The van der Waals surface area contributed by atoms with E-state index in [9.17, 15) is 8.42 Å². The van der Waals surface area contributed by atoms with Gasteiger partial charge < -0.3 is 5.11 Å². The molecule has 24 heavy (non-hydrogen) atoms. The minimum Gasteiger partial charge on any atom is -0.391 e. The van der Waals surface area contributed by atoms with Crippen molar-refractivity contribution in [1.82, 2.24) is 0 Å². The number of hydrogen-bond donors (Lipinski definition) is 1. The summed E-state index contributed by atoms with van der Waals surface area (Å²) in [5.74, 6) is 0. The molecule has 132 valence electrons. The summed E-state index contributed by atoms with van der Waals surface area (Å²) in [7, 11) is -3.40. The molecule has 0 saturated heterocycles. The summed E-state index contributed by atoms with van der Waals surface area (Å²) >= 11 is 0. The van der Waals surface area contributed by atoms with Crippen molar-refractivity contribution in [1.29, 1.82) is 0 Å². The fourth-order valence-electron chi connectivity index (χ4n) is 1.87. The average molecular weight is 349 g/mol. The fourth-order valence-corrected chi connectivity index (χ4v) is 3.15. The topological polar surface area (TPSA) is 54.4 Å². The first-order valence-corrected chi connectivity index (χ1v) is 9.43. The molecule has 0 bridgehead atoms. The molecular weight excluding hydrogens is 320 g/mol. The van der Waals surface area contributed by atoms with Crippen LogP contribution in [0.15, 0.2) is 64.4 Å². The highest BCUT2D eigenvalue weighted by Gasteiger charge is 2.19. The van der Waals surface area contributed by atoms with Crippen molar-refractivity contribution in [3.63, 3.8) is 0 Å². The van der Waals surface area contributed by atoms with E-state index in [1.807, 2.05) is 18.2 Å². The minimum absolute atomic E-state index is 0.0229. The third kappa shape index (κ3) is 6.46. The van der Waals surface area contributed by atoms with Crippen molar-refractivity contribution in [2.45, 2.75) is 62.3 Å². The molecule has 0 aliphatic heterocycles. The number of aliphatic hydroxyl groups is 1. The number of sulfone groups is 1. The van der Waals surface area contributed by atoms with Crippen molar-refractivity contribution >= 4 is 9.84 Å². The van der Waals surface area contributed by atoms with Gasteiger partial charge in [-0.15, -0.1) is 0 Å². The summed E-state index contributed by atoms with van der Waals surface area (Å²) in [6, 6.07) is 15.6. The maximum Gasteiger partial charge on any atom is 0.206 e. The molecule has 2 aromatic rings. The van der Waals surface area contributed by atoms with Gasteiger partial charge in [0, 0.05) is 0 Å². The lowest BCUT2D eigenvalue weighted by Crippen LogP contribution is -2.11. The molecule has 2 rings (SSSR count). The normalized spacial score (nSPS) is 12.3. The van der Waals surface area contributed by atoms with Crippen molar-refractivity contribution < 1.29 is 13.5 Å². The Labute approximate surface area is 146 Å². The predicted octanol–water partition coefficient (Wildman–Crippen LogP) is 4.59. The highest BCUT2D eigenvalue weighted by atomic mass is 32.2. The molecule has 2 aromatic carbocycles. The molecule has 0 unspecified atom stereocenters. The van der Waals surface area contributed by atoms with Crippen LogP contribution in [0, 0.1) is 0 Å². The second-order valence-electron chi connectivity index (χ2n) is 7.76. The monoisotopic (exact) mass is 348 g/mol. The van der Waals surface area contributed by atoms with E-state index in [1.54, 1.807) is 57.2 Å². The summed E-state index contributed by atoms with van der Waals surface area (Å²) < 4.78 is 24.8. The van der Waals surface area contributed by atoms with Crippen molar-refractivity contribution in [2.24, 2.45) is 0 Å². The largest absolute Gasteiger partial charge is 0.391 e. The van der Waals surface area contributed by atoms with Gasteiger partial charge in [-0.2, -0.15) is 0 Å². The first-order valence-electron chi connectivity index (χ1n) is 7.95. The van der Waals surface area contributed by atoms with Gasteiger partial charge in [0.05, 0.1) is 15.4 Å². The van der Waals surface area contributed by atoms with Crippen LogP contribution in [-0.4, -0.2) is 19.1 Å². The second kappa shape index (κ2) is 7.49. The van der Waals surface area contributed by atoms with Crippen LogP contribution in [0.5, 0.6) is 0 Å². The summed E-state index contributed by atoms with van der Waals surface area (Å²) in [4.78, 5) is 0.671. The van der Waals surface area contributed by atoms with Crippen LogP contribution in [0.2, 0.25) is 0 Å². The summed E-state index contributed by atoms with van der Waals surface area (Å²) in [6.07, 6.45) is 0. The lowest BCUT2D eigenvalue weighted by Gasteiger charge is -2.19. The molecule has 0 atom stereocenters. The molecular formula is C20H28O3S. The van der Waals surface area contributed by atoms with E-state index in [-0.39, 0.29) is 5.41 Å². The van der Waals surface area contributed by atoms with Gasteiger partial charge in [0.15, 0.2) is 0 Å². The Kier molecular flexibility index (Phi) is 6.37. The zero-order valence-electron chi connectivity index (χ0n) is 15.4. The summed E-state index contributed by atoms with van der Waals surface area (Å²) in [5, 5.41) is 8.52. The minimum atomic E-state index is -3.40. The van der Waals surface area contributed by atoms with Crippen LogP contribution in [0.25, 0.3) is 0 Å². The summed E-state index contributed by atoms with van der Waals surface area (Å²) in [5.41, 5.74) is 0.647. The van der Waals surface area contributed by atoms with E-state index < -0.39 is 15.4 Å². The van der Waals surface area contributed by atoms with Gasteiger partial charge in [0.1, 0.15) is 0 Å². The summed E-state index contributed by atoms with van der Waals surface area (Å²) in [6.45, 7) is 11.5.